The summed E-state index contributed by atoms with van der Waals surface area (Å²) < 4.78 is 25.7. The van der Waals surface area contributed by atoms with Crippen LogP contribution in [0.2, 0.25) is 0 Å². The lowest BCUT2D eigenvalue weighted by atomic mass is 9.97. The van der Waals surface area contributed by atoms with Crippen molar-refractivity contribution < 1.29 is 13.2 Å². The average Bonchev–Trinajstić information content (AvgIpc) is 3.01. The van der Waals surface area contributed by atoms with Gasteiger partial charge in [-0.15, -0.1) is 0 Å². The van der Waals surface area contributed by atoms with Gasteiger partial charge in [-0.05, 0) is 24.5 Å². The first-order chi connectivity index (χ1) is 11.4. The third-order valence-corrected chi connectivity index (χ3v) is 5.58. The Morgan fingerprint density at radius 1 is 1.38 bits per heavy atom. The maximum Gasteiger partial charge on any atom is 0.223 e. The van der Waals surface area contributed by atoms with Crippen molar-refractivity contribution in [2.45, 2.75) is 30.7 Å². The van der Waals surface area contributed by atoms with Crippen molar-refractivity contribution in [2.24, 2.45) is 5.92 Å². The van der Waals surface area contributed by atoms with E-state index in [-0.39, 0.29) is 11.8 Å². The van der Waals surface area contributed by atoms with Crippen molar-refractivity contribution in [1.29, 1.82) is 0 Å². The molecule has 0 saturated carbocycles. The van der Waals surface area contributed by atoms with Gasteiger partial charge in [0.25, 0.3) is 0 Å². The Morgan fingerprint density at radius 3 is 2.96 bits per heavy atom. The van der Waals surface area contributed by atoms with E-state index in [9.17, 15) is 13.2 Å². The first-order valence-electron chi connectivity index (χ1n) is 8.01. The third kappa shape index (κ3) is 3.67. The predicted molar refractivity (Wildman–Crippen MR) is 90.3 cm³/mol. The van der Waals surface area contributed by atoms with Crippen LogP contribution in [0.5, 0.6) is 0 Å². The number of imidazole rings is 1. The van der Waals surface area contributed by atoms with E-state index in [2.05, 4.69) is 14.9 Å². The normalized spacial score (nSPS) is 17.3. The van der Waals surface area contributed by atoms with E-state index < -0.39 is 9.84 Å². The molecule has 128 valence electrons. The molecule has 2 aromatic rings. The van der Waals surface area contributed by atoms with Crippen LogP contribution in [-0.2, 0) is 34.0 Å². The minimum absolute atomic E-state index is 0.0149. The minimum atomic E-state index is -3.26. The second-order valence-corrected chi connectivity index (χ2v) is 8.13. The third-order valence-electron chi connectivity index (χ3n) is 4.39. The molecule has 1 aliphatic heterocycles. The van der Waals surface area contributed by atoms with E-state index in [1.807, 2.05) is 12.3 Å². The molecule has 1 atom stereocenters. The Morgan fingerprint density at radius 2 is 2.17 bits per heavy atom. The summed E-state index contributed by atoms with van der Waals surface area (Å²) >= 11 is 0. The summed E-state index contributed by atoms with van der Waals surface area (Å²) in [6.45, 7) is 1.24. The Kier molecular flexibility index (Phi) is 4.71. The van der Waals surface area contributed by atoms with Gasteiger partial charge in [0, 0.05) is 44.1 Å². The number of nitrogens with zero attached hydrogens (tertiary/aromatic N) is 2. The number of fused-ring (bicyclic) bond motifs is 1. The summed E-state index contributed by atoms with van der Waals surface area (Å²) in [5.74, 6) is 0.898. The molecule has 2 heterocycles. The van der Waals surface area contributed by atoms with Gasteiger partial charge in [0.05, 0.1) is 4.90 Å². The molecule has 1 aliphatic rings. The van der Waals surface area contributed by atoms with Crippen LogP contribution in [0.25, 0.3) is 0 Å². The maximum atomic E-state index is 12.3. The van der Waals surface area contributed by atoms with Crippen molar-refractivity contribution in [2.75, 3.05) is 12.8 Å². The van der Waals surface area contributed by atoms with Crippen molar-refractivity contribution in [3.05, 3.63) is 48.0 Å². The zero-order valence-electron chi connectivity index (χ0n) is 13.6. The molecular weight excluding hydrogens is 326 g/mol. The van der Waals surface area contributed by atoms with Crippen LogP contribution in [0.4, 0.5) is 0 Å². The van der Waals surface area contributed by atoms with E-state index in [0.29, 0.717) is 24.3 Å². The number of rotatable bonds is 5. The number of aryl methyl sites for hydroxylation is 1. The largest absolute Gasteiger partial charge is 0.356 e. The van der Waals surface area contributed by atoms with Gasteiger partial charge in [0.1, 0.15) is 5.82 Å². The van der Waals surface area contributed by atoms with Gasteiger partial charge in [-0.1, -0.05) is 18.2 Å². The van der Waals surface area contributed by atoms with Crippen molar-refractivity contribution in [1.82, 2.24) is 14.9 Å². The Bertz CT molecular complexity index is 842. The summed E-state index contributed by atoms with van der Waals surface area (Å²) in [6.07, 6.45) is 6.85. The topological polar surface area (TPSA) is 81.1 Å². The van der Waals surface area contributed by atoms with Crippen LogP contribution >= 0.6 is 0 Å². The molecule has 7 heteroatoms. The number of sulfone groups is 1. The van der Waals surface area contributed by atoms with Crippen LogP contribution < -0.4 is 5.32 Å². The van der Waals surface area contributed by atoms with Crippen molar-refractivity contribution in [3.8, 4) is 0 Å². The van der Waals surface area contributed by atoms with E-state index in [1.165, 1.54) is 6.26 Å². The zero-order valence-corrected chi connectivity index (χ0v) is 14.4. The highest BCUT2D eigenvalue weighted by Crippen LogP contribution is 2.19. The smallest absolute Gasteiger partial charge is 0.223 e. The van der Waals surface area contributed by atoms with Crippen LogP contribution in [0.15, 0.2) is 41.6 Å². The van der Waals surface area contributed by atoms with Gasteiger partial charge in [-0.25, -0.2) is 13.4 Å². The number of amides is 1. The highest BCUT2D eigenvalue weighted by molar-refractivity contribution is 7.90. The van der Waals surface area contributed by atoms with Gasteiger partial charge >= 0.3 is 0 Å². The second kappa shape index (κ2) is 6.76. The molecule has 6 nitrogen and oxygen atoms in total. The lowest BCUT2D eigenvalue weighted by Crippen LogP contribution is -2.36. The Labute approximate surface area is 141 Å². The highest BCUT2D eigenvalue weighted by atomic mass is 32.2. The van der Waals surface area contributed by atoms with Crippen LogP contribution in [0.1, 0.15) is 17.8 Å². The maximum absolute atomic E-state index is 12.3. The Balaban J connectivity index is 1.57. The molecule has 0 bridgehead atoms. The summed E-state index contributed by atoms with van der Waals surface area (Å²) in [7, 11) is -3.26. The molecule has 0 saturated heterocycles. The van der Waals surface area contributed by atoms with Gasteiger partial charge in [-0.3, -0.25) is 4.79 Å². The fourth-order valence-electron chi connectivity index (χ4n) is 3.11. The molecule has 1 N–H and O–H groups in total. The zero-order chi connectivity index (χ0) is 17.2. The molecule has 0 unspecified atom stereocenters. The SMILES string of the molecule is CS(=O)(=O)c1ccccc1CCNC(=O)[C@H]1CCn2ccnc2C1. The number of aromatic nitrogens is 2. The molecule has 0 fully saturated rings. The fourth-order valence-corrected chi connectivity index (χ4v) is 4.08. The van der Waals surface area contributed by atoms with Crippen molar-refractivity contribution in [3.63, 3.8) is 0 Å². The van der Waals surface area contributed by atoms with E-state index in [0.717, 1.165) is 24.4 Å². The molecule has 1 amide bonds. The van der Waals surface area contributed by atoms with E-state index in [1.54, 1.807) is 24.4 Å². The van der Waals surface area contributed by atoms with Crippen LogP contribution in [-0.4, -0.2) is 36.7 Å². The van der Waals surface area contributed by atoms with E-state index in [4.69, 9.17) is 0 Å². The summed E-state index contributed by atoms with van der Waals surface area (Å²) in [5.41, 5.74) is 0.736. The molecule has 0 aliphatic carbocycles. The molecular formula is C17H21N3O3S. The molecule has 24 heavy (non-hydrogen) atoms. The quantitative estimate of drug-likeness (QED) is 0.881. The number of carbonyl (C=O) groups excluding carboxylic acids is 1. The monoisotopic (exact) mass is 347 g/mol. The Hall–Kier alpha value is -2.15. The number of benzene rings is 1. The first kappa shape index (κ1) is 16.7. The second-order valence-electron chi connectivity index (χ2n) is 6.15. The fraction of sp³-hybridized carbons (Fsp3) is 0.412. The number of hydrogen-bond acceptors (Lipinski definition) is 4. The molecule has 1 aromatic heterocycles. The summed E-state index contributed by atoms with van der Waals surface area (Å²) in [6, 6.07) is 6.92. The molecule has 0 radical (unpaired) electrons. The van der Waals surface area contributed by atoms with Crippen LogP contribution in [0, 0.1) is 5.92 Å². The number of hydrogen-bond donors (Lipinski definition) is 1. The molecule has 1 aromatic carbocycles. The molecule has 3 rings (SSSR count). The number of nitrogens with one attached hydrogen (secondary N) is 1. The van der Waals surface area contributed by atoms with Gasteiger partial charge < -0.3 is 9.88 Å². The van der Waals surface area contributed by atoms with E-state index >= 15 is 0 Å². The highest BCUT2D eigenvalue weighted by Gasteiger charge is 2.25. The summed E-state index contributed by atoms with van der Waals surface area (Å²) in [4.78, 5) is 16.9. The molecule has 0 spiro atoms. The first-order valence-corrected chi connectivity index (χ1v) is 9.90. The average molecular weight is 347 g/mol. The number of carbonyl (C=O) groups is 1. The predicted octanol–water partition coefficient (Wildman–Crippen LogP) is 1.21. The lowest BCUT2D eigenvalue weighted by Gasteiger charge is -2.22. The standard InChI is InChI=1S/C17H21N3O3S/c1-24(22,23)15-5-3-2-4-13(15)6-8-19-17(21)14-7-10-20-11-9-18-16(20)12-14/h2-5,9,11,14H,6-8,10,12H2,1H3,(H,19,21)/t14-/m0/s1. The van der Waals surface area contributed by atoms with Gasteiger partial charge in [0.15, 0.2) is 9.84 Å². The lowest BCUT2D eigenvalue weighted by molar-refractivity contribution is -0.125. The van der Waals surface area contributed by atoms with Gasteiger partial charge in [-0.2, -0.15) is 0 Å². The van der Waals surface area contributed by atoms with Crippen LogP contribution in [0.3, 0.4) is 0 Å². The van der Waals surface area contributed by atoms with Crippen molar-refractivity contribution >= 4 is 15.7 Å². The van der Waals surface area contributed by atoms with Gasteiger partial charge in [0.2, 0.25) is 5.91 Å². The summed E-state index contributed by atoms with van der Waals surface area (Å²) in [5, 5.41) is 2.93. The minimum Gasteiger partial charge on any atom is -0.356 e.